The number of amides is 1. The Morgan fingerprint density at radius 3 is 2.62 bits per heavy atom. The van der Waals surface area contributed by atoms with E-state index in [-0.39, 0.29) is 12.5 Å². The van der Waals surface area contributed by atoms with E-state index in [1.54, 1.807) is 31.0 Å². The molecule has 0 fully saturated rings. The van der Waals surface area contributed by atoms with Gasteiger partial charge in [0.05, 0.1) is 29.9 Å². The standard InChI is InChI=1S/C24H19BrCl2N4O2S/c1-33-21-5-3-2-4-20(21)31-22(13-28-23(32)18-12-17(26)10-11-19(18)27)29-30-24(31)34-14-15-6-8-16(25)9-7-15/h2-12H,13-14H2,1H3,(H,28,32). The maximum atomic E-state index is 12.8. The van der Waals surface area contributed by atoms with Crippen LogP contribution in [0.1, 0.15) is 21.7 Å². The van der Waals surface area contributed by atoms with Crippen molar-refractivity contribution in [1.82, 2.24) is 20.1 Å². The highest BCUT2D eigenvalue weighted by atomic mass is 79.9. The second-order valence-electron chi connectivity index (χ2n) is 7.13. The molecule has 4 rings (SSSR count). The Morgan fingerprint density at radius 2 is 1.85 bits per heavy atom. The number of ether oxygens (including phenoxy) is 1. The zero-order chi connectivity index (χ0) is 24.1. The van der Waals surface area contributed by atoms with Crippen LogP contribution in [0.25, 0.3) is 5.69 Å². The SMILES string of the molecule is COc1ccccc1-n1c(CNC(=O)c2cc(Cl)ccc2Cl)nnc1SCc1ccc(Br)cc1. The van der Waals surface area contributed by atoms with Gasteiger partial charge in [-0.05, 0) is 48.0 Å². The lowest BCUT2D eigenvalue weighted by Gasteiger charge is -2.14. The fourth-order valence-corrected chi connectivity index (χ4v) is 4.78. The van der Waals surface area contributed by atoms with E-state index < -0.39 is 0 Å². The Balaban J connectivity index is 1.62. The summed E-state index contributed by atoms with van der Waals surface area (Å²) in [5.74, 6) is 1.56. The summed E-state index contributed by atoms with van der Waals surface area (Å²) in [4.78, 5) is 12.8. The van der Waals surface area contributed by atoms with Crippen molar-refractivity contribution in [2.45, 2.75) is 17.5 Å². The fraction of sp³-hybridized carbons (Fsp3) is 0.125. The van der Waals surface area contributed by atoms with Crippen molar-refractivity contribution in [3.63, 3.8) is 0 Å². The van der Waals surface area contributed by atoms with Gasteiger partial charge in [0.15, 0.2) is 11.0 Å². The van der Waals surface area contributed by atoms with Crippen LogP contribution in [0, 0.1) is 0 Å². The third kappa shape index (κ3) is 5.75. The average Bonchev–Trinajstić information content (AvgIpc) is 3.26. The molecular weight excluding hydrogens is 559 g/mol. The largest absolute Gasteiger partial charge is 0.495 e. The summed E-state index contributed by atoms with van der Waals surface area (Å²) in [7, 11) is 1.61. The van der Waals surface area contributed by atoms with Crippen LogP contribution in [0.5, 0.6) is 5.75 Å². The Kier molecular flexibility index (Phi) is 8.15. The smallest absolute Gasteiger partial charge is 0.253 e. The van der Waals surface area contributed by atoms with Gasteiger partial charge in [0.2, 0.25) is 0 Å². The van der Waals surface area contributed by atoms with E-state index in [1.807, 2.05) is 41.0 Å². The Morgan fingerprint density at radius 1 is 1.09 bits per heavy atom. The number of rotatable bonds is 8. The van der Waals surface area contributed by atoms with Crippen molar-refractivity contribution >= 4 is 56.8 Å². The van der Waals surface area contributed by atoms with Crippen LogP contribution < -0.4 is 10.1 Å². The monoisotopic (exact) mass is 576 g/mol. The van der Waals surface area contributed by atoms with Gasteiger partial charge in [-0.3, -0.25) is 9.36 Å². The first-order valence-electron chi connectivity index (χ1n) is 10.1. The third-order valence-corrected chi connectivity index (χ3v) is 6.98. The van der Waals surface area contributed by atoms with E-state index in [0.717, 1.165) is 15.7 Å². The van der Waals surface area contributed by atoms with Gasteiger partial charge in [0.25, 0.3) is 5.91 Å². The molecule has 1 N–H and O–H groups in total. The number of halogens is 3. The van der Waals surface area contributed by atoms with Gasteiger partial charge < -0.3 is 10.1 Å². The van der Waals surface area contributed by atoms with Crippen LogP contribution in [0.15, 0.2) is 76.4 Å². The number of carbonyl (C=O) groups excluding carboxylic acids is 1. The Bertz CT molecular complexity index is 1310. The number of carbonyl (C=O) groups is 1. The Hall–Kier alpha value is -2.52. The van der Waals surface area contributed by atoms with Gasteiger partial charge in [-0.25, -0.2) is 0 Å². The molecule has 10 heteroatoms. The number of hydrogen-bond acceptors (Lipinski definition) is 5. The highest BCUT2D eigenvalue weighted by Gasteiger charge is 2.19. The molecule has 0 radical (unpaired) electrons. The quantitative estimate of drug-likeness (QED) is 0.240. The first-order chi connectivity index (χ1) is 16.5. The highest BCUT2D eigenvalue weighted by Crippen LogP contribution is 2.30. The predicted octanol–water partition coefficient (Wildman–Crippen LogP) is 6.57. The molecule has 6 nitrogen and oxygen atoms in total. The summed E-state index contributed by atoms with van der Waals surface area (Å²) >= 11 is 17.2. The van der Waals surface area contributed by atoms with Crippen LogP contribution in [0.2, 0.25) is 10.0 Å². The summed E-state index contributed by atoms with van der Waals surface area (Å²) in [6.07, 6.45) is 0. The average molecular weight is 578 g/mol. The lowest BCUT2D eigenvalue weighted by atomic mass is 10.2. The van der Waals surface area contributed by atoms with Gasteiger partial charge in [0.1, 0.15) is 5.75 Å². The van der Waals surface area contributed by atoms with Crippen LogP contribution >= 0.6 is 50.9 Å². The molecule has 0 aliphatic heterocycles. The van der Waals surface area contributed by atoms with Crippen LogP contribution in [0.3, 0.4) is 0 Å². The third-order valence-electron chi connectivity index (χ3n) is 4.89. The molecule has 0 atom stereocenters. The molecule has 0 unspecified atom stereocenters. The number of hydrogen-bond donors (Lipinski definition) is 1. The minimum absolute atomic E-state index is 0.131. The van der Waals surface area contributed by atoms with E-state index in [2.05, 4.69) is 43.6 Å². The van der Waals surface area contributed by atoms with Crippen LogP contribution in [0.4, 0.5) is 0 Å². The highest BCUT2D eigenvalue weighted by molar-refractivity contribution is 9.10. The normalized spacial score (nSPS) is 10.8. The molecule has 3 aromatic carbocycles. The Labute approximate surface area is 219 Å². The van der Waals surface area contributed by atoms with Crippen molar-refractivity contribution < 1.29 is 9.53 Å². The molecule has 0 aliphatic carbocycles. The number of nitrogens with zero attached hydrogens (tertiary/aromatic N) is 3. The molecule has 4 aromatic rings. The molecule has 1 amide bonds. The summed E-state index contributed by atoms with van der Waals surface area (Å²) in [6, 6.07) is 20.5. The number of para-hydroxylation sites is 2. The second-order valence-corrected chi connectivity index (χ2v) is 9.83. The lowest BCUT2D eigenvalue weighted by Crippen LogP contribution is -2.25. The minimum atomic E-state index is -0.355. The molecule has 1 heterocycles. The molecular formula is C24H19BrCl2N4O2S. The maximum absolute atomic E-state index is 12.8. The minimum Gasteiger partial charge on any atom is -0.495 e. The summed E-state index contributed by atoms with van der Waals surface area (Å²) in [5.41, 5.74) is 2.22. The lowest BCUT2D eigenvalue weighted by molar-refractivity contribution is 0.0950. The van der Waals surface area contributed by atoms with Crippen molar-refractivity contribution in [2.24, 2.45) is 0 Å². The van der Waals surface area contributed by atoms with Crippen molar-refractivity contribution in [1.29, 1.82) is 0 Å². The zero-order valence-corrected chi connectivity index (χ0v) is 21.9. The van der Waals surface area contributed by atoms with Crippen LogP contribution in [-0.4, -0.2) is 27.8 Å². The molecule has 174 valence electrons. The number of thioether (sulfide) groups is 1. The summed E-state index contributed by atoms with van der Waals surface area (Å²) < 4.78 is 8.48. The van der Waals surface area contributed by atoms with Gasteiger partial charge in [-0.1, -0.05) is 75.2 Å². The van der Waals surface area contributed by atoms with Crippen LogP contribution in [-0.2, 0) is 12.3 Å². The van der Waals surface area contributed by atoms with Gasteiger partial charge >= 0.3 is 0 Å². The molecule has 34 heavy (non-hydrogen) atoms. The molecule has 0 aliphatic rings. The number of methoxy groups -OCH3 is 1. The van der Waals surface area contributed by atoms with E-state index in [0.29, 0.717) is 38.1 Å². The van der Waals surface area contributed by atoms with Crippen molar-refractivity contribution in [2.75, 3.05) is 7.11 Å². The van der Waals surface area contributed by atoms with E-state index in [4.69, 9.17) is 27.9 Å². The molecule has 0 spiro atoms. The number of aromatic nitrogens is 3. The van der Waals surface area contributed by atoms with Crippen molar-refractivity contribution in [3.8, 4) is 11.4 Å². The molecule has 0 saturated carbocycles. The second kappa shape index (κ2) is 11.3. The topological polar surface area (TPSA) is 69.0 Å². The van der Waals surface area contributed by atoms with E-state index >= 15 is 0 Å². The molecule has 0 saturated heterocycles. The van der Waals surface area contributed by atoms with Crippen molar-refractivity contribution in [3.05, 3.63) is 98.2 Å². The number of nitrogens with one attached hydrogen (secondary N) is 1. The van der Waals surface area contributed by atoms with Gasteiger partial charge in [-0.2, -0.15) is 0 Å². The summed E-state index contributed by atoms with van der Waals surface area (Å²) in [6.45, 7) is 0.131. The molecule has 1 aromatic heterocycles. The molecule has 0 bridgehead atoms. The predicted molar refractivity (Wildman–Crippen MR) is 139 cm³/mol. The fourth-order valence-electron chi connectivity index (χ4n) is 3.22. The van der Waals surface area contributed by atoms with Gasteiger partial charge in [-0.15, -0.1) is 10.2 Å². The zero-order valence-electron chi connectivity index (χ0n) is 18.0. The maximum Gasteiger partial charge on any atom is 0.253 e. The first-order valence-corrected chi connectivity index (χ1v) is 12.7. The van der Waals surface area contributed by atoms with Gasteiger partial charge in [0, 0.05) is 15.2 Å². The summed E-state index contributed by atoms with van der Waals surface area (Å²) in [5, 5.41) is 13.0. The van der Waals surface area contributed by atoms with E-state index in [1.165, 1.54) is 6.07 Å². The number of benzene rings is 3. The first kappa shape index (κ1) is 24.6. The van der Waals surface area contributed by atoms with E-state index in [9.17, 15) is 4.79 Å².